The van der Waals surface area contributed by atoms with Gasteiger partial charge in [0.2, 0.25) is 0 Å². The third-order valence-corrected chi connectivity index (χ3v) is 8.12. The summed E-state index contributed by atoms with van der Waals surface area (Å²) in [5.74, 6) is 1.94. The van der Waals surface area contributed by atoms with E-state index in [2.05, 4.69) is 20.9 Å². The molecule has 0 unspecified atom stereocenters. The van der Waals surface area contributed by atoms with Crippen LogP contribution in [0, 0.1) is 0 Å². The number of nitrogens with one attached hydrogen (secondary N) is 2. The summed E-state index contributed by atoms with van der Waals surface area (Å²) in [4.78, 5) is 29.4. The van der Waals surface area contributed by atoms with Crippen LogP contribution in [0.1, 0.15) is 16.3 Å². The van der Waals surface area contributed by atoms with Crippen molar-refractivity contribution in [3.63, 3.8) is 0 Å². The summed E-state index contributed by atoms with van der Waals surface area (Å²) in [5.41, 5.74) is 12.7. The van der Waals surface area contributed by atoms with Crippen LogP contribution in [-0.2, 0) is 29.7 Å². The minimum atomic E-state index is -0.582. The van der Waals surface area contributed by atoms with E-state index in [1.54, 1.807) is 22.9 Å². The van der Waals surface area contributed by atoms with E-state index >= 15 is 0 Å². The number of nitrogens with zero attached hydrogens (tertiary/aromatic N) is 5. The molecule has 0 spiro atoms. The maximum atomic E-state index is 11.3. The van der Waals surface area contributed by atoms with Crippen molar-refractivity contribution in [2.75, 3.05) is 36.9 Å². The SMILES string of the molecule is Cn1c(CNCc2cc3nc(-c4ccc(N)cc4)nc(N4CCOCC4)c3s2)nc2cc(/C=C/C(=O)NO)ccc21. The Labute approximate surface area is 240 Å². The van der Waals surface area contributed by atoms with E-state index in [4.69, 9.17) is 30.6 Å². The van der Waals surface area contributed by atoms with Crippen LogP contribution in [-0.4, -0.2) is 56.9 Å². The maximum Gasteiger partial charge on any atom is 0.267 e. The molecule has 0 radical (unpaired) electrons. The van der Waals surface area contributed by atoms with E-state index in [1.807, 2.05) is 49.5 Å². The third kappa shape index (κ3) is 5.77. The fraction of sp³-hybridized carbons (Fsp3) is 0.241. The molecule has 5 aromatic rings. The number of hydrogen-bond donors (Lipinski definition) is 4. The minimum absolute atomic E-state index is 0.580. The molecule has 1 aliphatic heterocycles. The molecule has 1 fully saturated rings. The van der Waals surface area contributed by atoms with Crippen LogP contribution in [0.4, 0.5) is 11.5 Å². The van der Waals surface area contributed by atoms with Crippen molar-refractivity contribution in [2.24, 2.45) is 7.05 Å². The first-order valence-corrected chi connectivity index (χ1v) is 14.1. The molecule has 2 aromatic carbocycles. The fourth-order valence-corrected chi connectivity index (χ4v) is 5.92. The van der Waals surface area contributed by atoms with E-state index in [9.17, 15) is 4.79 Å². The molecule has 6 rings (SSSR count). The lowest BCUT2D eigenvalue weighted by molar-refractivity contribution is -0.124. The normalized spacial score (nSPS) is 14.0. The fourth-order valence-electron chi connectivity index (χ4n) is 4.84. The standard InChI is InChI=1S/C29H30N8O3S/c1-36-24-8-2-18(3-9-26(38)35-39)14-22(24)32-25(36)17-31-16-21-15-23-27(41-21)29(37-10-12-40-13-11-37)34-28(33-23)19-4-6-20(30)7-5-19/h2-9,14-15,31,39H,10-13,16-17,30H2,1H3,(H,35,38)/b9-3+. The van der Waals surface area contributed by atoms with Gasteiger partial charge < -0.3 is 25.3 Å². The number of ether oxygens (including phenoxy) is 1. The van der Waals surface area contributed by atoms with Crippen LogP contribution in [0.15, 0.2) is 54.6 Å². The highest BCUT2D eigenvalue weighted by molar-refractivity contribution is 7.19. The zero-order valence-electron chi connectivity index (χ0n) is 22.5. The lowest BCUT2D eigenvalue weighted by Crippen LogP contribution is -2.36. The number of nitrogen functional groups attached to an aromatic ring is 1. The molecule has 12 heteroatoms. The molecule has 1 saturated heterocycles. The first kappa shape index (κ1) is 26.8. The van der Waals surface area contributed by atoms with Crippen molar-refractivity contribution >= 4 is 56.1 Å². The number of thiophene rings is 1. The lowest BCUT2D eigenvalue weighted by atomic mass is 10.2. The van der Waals surface area contributed by atoms with Crippen molar-refractivity contribution < 1.29 is 14.7 Å². The van der Waals surface area contributed by atoms with Crippen molar-refractivity contribution in [2.45, 2.75) is 13.1 Å². The molecular formula is C29H30N8O3S. The second kappa shape index (κ2) is 11.6. The van der Waals surface area contributed by atoms with Crippen LogP contribution in [0.5, 0.6) is 0 Å². The number of morpholine rings is 1. The van der Waals surface area contributed by atoms with Gasteiger partial charge in [-0.25, -0.2) is 20.4 Å². The number of hydrogen-bond acceptors (Lipinski definition) is 10. The number of aromatic nitrogens is 4. The second-order valence-electron chi connectivity index (χ2n) is 9.77. The van der Waals surface area contributed by atoms with Crippen molar-refractivity contribution in [1.82, 2.24) is 30.3 Å². The molecule has 210 valence electrons. The minimum Gasteiger partial charge on any atom is -0.399 e. The number of aryl methyl sites for hydroxylation is 1. The molecular weight excluding hydrogens is 540 g/mol. The summed E-state index contributed by atoms with van der Waals surface area (Å²) >= 11 is 1.70. The molecule has 3 aromatic heterocycles. The third-order valence-electron chi connectivity index (χ3n) is 7.00. The van der Waals surface area contributed by atoms with Gasteiger partial charge in [0, 0.05) is 48.9 Å². The Balaban J connectivity index is 1.22. The maximum absolute atomic E-state index is 11.3. The highest BCUT2D eigenvalue weighted by Crippen LogP contribution is 2.34. The quantitative estimate of drug-likeness (QED) is 0.0954. The number of carbonyl (C=O) groups excluding carboxylic acids is 1. The molecule has 41 heavy (non-hydrogen) atoms. The lowest BCUT2D eigenvalue weighted by Gasteiger charge is -2.28. The van der Waals surface area contributed by atoms with Gasteiger partial charge >= 0.3 is 0 Å². The van der Waals surface area contributed by atoms with Gasteiger partial charge in [0.15, 0.2) is 11.6 Å². The van der Waals surface area contributed by atoms with Crippen molar-refractivity contribution in [3.8, 4) is 11.4 Å². The van der Waals surface area contributed by atoms with Gasteiger partial charge in [0.25, 0.3) is 5.91 Å². The number of imidazole rings is 1. The number of rotatable bonds is 8. The van der Waals surface area contributed by atoms with Crippen LogP contribution in [0.2, 0.25) is 0 Å². The van der Waals surface area contributed by atoms with Crippen LogP contribution < -0.4 is 21.4 Å². The number of fused-ring (bicyclic) bond motifs is 2. The Morgan fingerprint density at radius 3 is 2.66 bits per heavy atom. The number of carbonyl (C=O) groups is 1. The van der Waals surface area contributed by atoms with E-state index < -0.39 is 5.91 Å². The van der Waals surface area contributed by atoms with E-state index in [0.29, 0.717) is 37.8 Å². The first-order chi connectivity index (χ1) is 20.0. The predicted octanol–water partition coefficient (Wildman–Crippen LogP) is 3.47. The molecule has 0 atom stereocenters. The number of amides is 1. The topological polar surface area (TPSA) is 143 Å². The van der Waals surface area contributed by atoms with Gasteiger partial charge in [-0.1, -0.05) is 6.07 Å². The summed E-state index contributed by atoms with van der Waals surface area (Å²) in [6, 6.07) is 15.6. The molecule has 5 N–H and O–H groups in total. The Kier molecular flexibility index (Phi) is 7.61. The van der Waals surface area contributed by atoms with E-state index in [1.165, 1.54) is 6.08 Å². The Bertz CT molecular complexity index is 1740. The number of benzene rings is 2. The Morgan fingerprint density at radius 2 is 1.88 bits per heavy atom. The number of anilines is 2. The van der Waals surface area contributed by atoms with Gasteiger partial charge in [0.05, 0.1) is 41.0 Å². The highest BCUT2D eigenvalue weighted by atomic mass is 32.1. The zero-order chi connectivity index (χ0) is 28.3. The summed E-state index contributed by atoms with van der Waals surface area (Å²) in [6.07, 6.45) is 2.90. The van der Waals surface area contributed by atoms with Gasteiger partial charge in [0.1, 0.15) is 5.82 Å². The molecule has 0 bridgehead atoms. The largest absolute Gasteiger partial charge is 0.399 e. The summed E-state index contributed by atoms with van der Waals surface area (Å²) < 4.78 is 8.71. The van der Waals surface area contributed by atoms with Crippen LogP contribution >= 0.6 is 11.3 Å². The molecule has 4 heterocycles. The van der Waals surface area contributed by atoms with Gasteiger partial charge in [-0.3, -0.25) is 10.0 Å². The summed E-state index contributed by atoms with van der Waals surface area (Å²) in [6.45, 7) is 4.17. The average molecular weight is 571 g/mol. The number of hydroxylamine groups is 1. The molecule has 0 aliphatic carbocycles. The monoisotopic (exact) mass is 570 g/mol. The molecule has 0 saturated carbocycles. The summed E-state index contributed by atoms with van der Waals surface area (Å²) in [5, 5.41) is 12.2. The van der Waals surface area contributed by atoms with Crippen LogP contribution in [0.3, 0.4) is 0 Å². The zero-order valence-corrected chi connectivity index (χ0v) is 23.3. The van der Waals surface area contributed by atoms with Gasteiger partial charge in [-0.15, -0.1) is 11.3 Å². The van der Waals surface area contributed by atoms with Crippen LogP contribution in [0.25, 0.3) is 38.7 Å². The van der Waals surface area contributed by atoms with E-state index in [0.717, 1.165) is 62.0 Å². The Hall–Kier alpha value is -4.36. The molecule has 11 nitrogen and oxygen atoms in total. The second-order valence-corrected chi connectivity index (χ2v) is 10.9. The highest BCUT2D eigenvalue weighted by Gasteiger charge is 2.20. The average Bonchev–Trinajstić information content (AvgIpc) is 3.56. The number of nitrogens with two attached hydrogens (primary N) is 1. The first-order valence-electron chi connectivity index (χ1n) is 13.3. The van der Waals surface area contributed by atoms with E-state index in [-0.39, 0.29) is 0 Å². The van der Waals surface area contributed by atoms with Gasteiger partial charge in [-0.05, 0) is 54.1 Å². The molecule has 1 aliphatic rings. The Morgan fingerprint density at radius 1 is 1.07 bits per heavy atom. The van der Waals surface area contributed by atoms with Crippen molar-refractivity contribution in [1.29, 1.82) is 0 Å². The summed E-state index contributed by atoms with van der Waals surface area (Å²) in [7, 11) is 1.99. The molecule has 1 amide bonds. The predicted molar refractivity (Wildman–Crippen MR) is 161 cm³/mol. The van der Waals surface area contributed by atoms with Crippen molar-refractivity contribution in [3.05, 3.63) is 70.9 Å². The van der Waals surface area contributed by atoms with Gasteiger partial charge in [-0.2, -0.15) is 0 Å². The smallest absolute Gasteiger partial charge is 0.267 e.